The van der Waals surface area contributed by atoms with E-state index in [9.17, 15) is 0 Å². The molecule has 25 heavy (non-hydrogen) atoms. The summed E-state index contributed by atoms with van der Waals surface area (Å²) in [4.78, 5) is 0. The van der Waals surface area contributed by atoms with Crippen LogP contribution in [0.2, 0.25) is 0 Å². The fourth-order valence-corrected chi connectivity index (χ4v) is 2.81. The van der Waals surface area contributed by atoms with Gasteiger partial charge in [-0.2, -0.15) is 55.6 Å². The van der Waals surface area contributed by atoms with Gasteiger partial charge in [0.25, 0.3) is 0 Å². The summed E-state index contributed by atoms with van der Waals surface area (Å²) in [5.74, 6) is 0. The molecule has 0 spiro atoms. The van der Waals surface area contributed by atoms with Crippen LogP contribution in [0.5, 0.6) is 0 Å². The Balaban J connectivity index is 0.000000368. The molecule has 0 amide bonds. The maximum absolute atomic E-state index is 5.01. The molecule has 149 valence electrons. The van der Waals surface area contributed by atoms with Crippen LogP contribution in [-0.2, 0) is 11.2 Å². The molecule has 0 radical (unpaired) electrons. The van der Waals surface area contributed by atoms with Crippen molar-refractivity contribution in [2.45, 2.75) is 69.2 Å². The molecule has 0 aliphatic heterocycles. The van der Waals surface area contributed by atoms with Crippen molar-refractivity contribution in [2.24, 2.45) is 0 Å². The van der Waals surface area contributed by atoms with Crippen molar-refractivity contribution < 1.29 is 11.2 Å². The van der Waals surface area contributed by atoms with Crippen LogP contribution < -0.4 is 0 Å². The Labute approximate surface area is 173 Å². The Morgan fingerprint density at radius 1 is 0.480 bits per heavy atom. The first kappa shape index (κ1) is 25.5. The van der Waals surface area contributed by atoms with Crippen LogP contribution in [0, 0.1) is 69.2 Å². The molecule has 5 heteroatoms. The summed E-state index contributed by atoms with van der Waals surface area (Å²) < 4.78 is 0. The average molecular weight is 604 g/mol. The van der Waals surface area contributed by atoms with E-state index in [-0.39, 0.29) is 0 Å². The second-order valence-corrected chi connectivity index (χ2v) is 27.3. The zero-order valence-corrected chi connectivity index (χ0v) is 22.3. The van der Waals surface area contributed by atoms with Gasteiger partial charge < -0.3 is 0 Å². The molecule has 0 aliphatic carbocycles. The fraction of sp³-hybridized carbons (Fsp3) is 0.500. The molecule has 2 rings (SSSR count). The maximum atomic E-state index is 5.01. The molecule has 0 bridgehead atoms. The predicted octanol–water partition coefficient (Wildman–Crippen LogP) is 8.65. The zero-order chi connectivity index (χ0) is 20.3. The van der Waals surface area contributed by atoms with Crippen LogP contribution in [0.15, 0.2) is 0 Å². The molecule has 0 unspecified atom stereocenters. The molecule has 0 nitrogen and oxygen atoms in total. The van der Waals surface area contributed by atoms with E-state index in [0.717, 1.165) is 0 Å². The minimum absolute atomic E-state index is 1.47. The average Bonchev–Trinajstić information content (AvgIpc) is 2.77. The van der Waals surface area contributed by atoms with Crippen molar-refractivity contribution in [1.82, 2.24) is 0 Å². The Hall–Kier alpha value is 0.509. The van der Waals surface area contributed by atoms with Crippen LogP contribution in [0.4, 0.5) is 0 Å². The van der Waals surface area contributed by atoms with Crippen molar-refractivity contribution in [3.8, 4) is 0 Å². The molecule has 0 saturated heterocycles. The Morgan fingerprint density at radius 2 is 0.600 bits per heavy atom. The topological polar surface area (TPSA) is 0 Å². The summed E-state index contributed by atoms with van der Waals surface area (Å²) in [5.41, 5.74) is 14.7. The van der Waals surface area contributed by atoms with E-state index in [4.69, 9.17) is 38.3 Å². The van der Waals surface area contributed by atoms with E-state index in [2.05, 4.69) is 69.2 Å². The zero-order valence-electron chi connectivity index (χ0n) is 16.8. The normalized spacial score (nSPS) is 11.4. The first-order valence-electron chi connectivity index (χ1n) is 8.00. The molecule has 2 aromatic carbocycles. The number of hydrogen-bond acceptors (Lipinski definition) is 0. The van der Waals surface area contributed by atoms with Gasteiger partial charge in [-0.1, -0.05) is 69.2 Å². The van der Waals surface area contributed by atoms with Crippen LogP contribution in [0.1, 0.15) is 55.6 Å². The van der Waals surface area contributed by atoms with Crippen LogP contribution >= 0.6 is 38.3 Å². The minimum atomic E-state index is -3.11. The molecule has 0 aromatic heterocycles. The predicted molar refractivity (Wildman–Crippen MR) is 115 cm³/mol. The van der Waals surface area contributed by atoms with Crippen molar-refractivity contribution in [3.63, 3.8) is 0 Å². The number of rotatable bonds is 0. The molecule has 0 N–H and O–H groups in total. The molecule has 0 atom stereocenters. The Bertz CT molecular complexity index is 493. The first-order chi connectivity index (χ1) is 11.1. The summed E-state index contributed by atoms with van der Waals surface area (Å²) in [6.07, 6.45) is 0. The molecule has 0 fully saturated rings. The number of halogens is 4. The van der Waals surface area contributed by atoms with Crippen LogP contribution in [0.3, 0.4) is 0 Å². The molecular weight excluding hydrogens is 574 g/mol. The van der Waals surface area contributed by atoms with E-state index in [1.54, 1.807) is 0 Å². The molecular formula is C20H30Cl4Ir-2. The third-order valence-electron chi connectivity index (χ3n) is 5.62. The van der Waals surface area contributed by atoms with Crippen molar-refractivity contribution in [3.05, 3.63) is 55.6 Å². The quantitative estimate of drug-likeness (QED) is 0.264. The van der Waals surface area contributed by atoms with Gasteiger partial charge in [0.15, 0.2) is 0 Å². The van der Waals surface area contributed by atoms with Gasteiger partial charge in [0.2, 0.25) is 0 Å². The van der Waals surface area contributed by atoms with Gasteiger partial charge in [0, 0.05) is 0 Å². The van der Waals surface area contributed by atoms with Crippen molar-refractivity contribution >= 4 is 38.3 Å². The molecule has 2 aromatic rings. The van der Waals surface area contributed by atoms with E-state index in [1.165, 1.54) is 55.6 Å². The SMILES string of the molecule is Cc1c(C)c(C)[c-](C)c1C.Cc1c(C)c(C)[c-](C)c1C.[Cl][Ir]([Cl])([Cl])[Cl]. The van der Waals surface area contributed by atoms with E-state index >= 15 is 0 Å². The van der Waals surface area contributed by atoms with Gasteiger partial charge in [-0.3, -0.25) is 0 Å². The van der Waals surface area contributed by atoms with Crippen molar-refractivity contribution in [1.29, 1.82) is 0 Å². The first-order valence-corrected chi connectivity index (χ1v) is 19.9. The summed E-state index contributed by atoms with van der Waals surface area (Å²) in [6.45, 7) is 22.0. The van der Waals surface area contributed by atoms with Crippen LogP contribution in [-0.4, -0.2) is 0 Å². The third kappa shape index (κ3) is 7.57. The molecule has 0 aliphatic rings. The summed E-state index contributed by atoms with van der Waals surface area (Å²) in [5, 5.41) is 0. The number of hydrogen-bond donors (Lipinski definition) is 0. The second kappa shape index (κ2) is 10.2. The van der Waals surface area contributed by atoms with Gasteiger partial charge in [-0.25, -0.2) is 0 Å². The Morgan fingerprint density at radius 3 is 0.640 bits per heavy atom. The second-order valence-electron chi connectivity index (χ2n) is 6.54. The third-order valence-corrected chi connectivity index (χ3v) is 5.62. The molecule has 0 heterocycles. The fourth-order valence-electron chi connectivity index (χ4n) is 2.81. The van der Waals surface area contributed by atoms with Gasteiger partial charge in [0.05, 0.1) is 0 Å². The Kier molecular flexibility index (Phi) is 10.4. The van der Waals surface area contributed by atoms with Gasteiger partial charge in [0.1, 0.15) is 0 Å². The van der Waals surface area contributed by atoms with E-state index < -0.39 is 11.2 Å². The van der Waals surface area contributed by atoms with E-state index in [0.29, 0.717) is 0 Å². The van der Waals surface area contributed by atoms with Crippen molar-refractivity contribution in [2.75, 3.05) is 0 Å². The summed E-state index contributed by atoms with van der Waals surface area (Å²) in [7, 11) is 20.1. The molecule has 0 saturated carbocycles. The monoisotopic (exact) mass is 603 g/mol. The van der Waals surface area contributed by atoms with Gasteiger partial charge >= 0.3 is 49.6 Å². The van der Waals surface area contributed by atoms with E-state index in [1.807, 2.05) is 0 Å². The summed E-state index contributed by atoms with van der Waals surface area (Å²) >= 11 is -3.11. The van der Waals surface area contributed by atoms with Gasteiger partial charge in [-0.05, 0) is 0 Å². The summed E-state index contributed by atoms with van der Waals surface area (Å²) in [6, 6.07) is 0. The van der Waals surface area contributed by atoms with Crippen LogP contribution in [0.25, 0.3) is 0 Å². The van der Waals surface area contributed by atoms with Gasteiger partial charge in [-0.15, -0.1) is 0 Å². The standard InChI is InChI=1S/2C10H15.4ClH.Ir/c2*1-6-7(2)9(4)10(5)8(6)3;;;;;/h2*1-5H3;4*1H;/q2*-1;;;;;+4/p-4.